The number of methoxy groups -OCH3 is 1. The van der Waals surface area contributed by atoms with Gasteiger partial charge in [-0.15, -0.1) is 0 Å². The number of Topliss-reactive ketones (excluding diaryl/α,β-unsaturated/α-hetero) is 1. The molecule has 1 aliphatic heterocycles. The molecule has 34 heavy (non-hydrogen) atoms. The molecule has 9 nitrogen and oxygen atoms in total. The quantitative estimate of drug-likeness (QED) is 0.284. The first-order valence-corrected chi connectivity index (χ1v) is 11.9. The fourth-order valence-electron chi connectivity index (χ4n) is 5.41. The second kappa shape index (κ2) is 9.95. The van der Waals surface area contributed by atoms with Crippen molar-refractivity contribution in [3.05, 3.63) is 39.1 Å². The zero-order valence-electron chi connectivity index (χ0n) is 19.5. The van der Waals surface area contributed by atoms with Gasteiger partial charge in [0.2, 0.25) is 5.75 Å². The molecule has 2 atom stereocenters. The Kier molecular flexibility index (Phi) is 7.00. The van der Waals surface area contributed by atoms with Gasteiger partial charge in [0.15, 0.2) is 5.75 Å². The fourth-order valence-corrected chi connectivity index (χ4v) is 5.41. The number of aliphatic imine (C=N–C) groups is 1. The average molecular weight is 471 g/mol. The summed E-state index contributed by atoms with van der Waals surface area (Å²) >= 11 is 0. The van der Waals surface area contributed by atoms with Gasteiger partial charge in [0, 0.05) is 29.8 Å². The number of ether oxygens (including phenoxy) is 2. The molecule has 0 bridgehead atoms. The Morgan fingerprint density at radius 2 is 1.82 bits per heavy atom. The second-order valence-electron chi connectivity index (χ2n) is 9.24. The molecular weight excluding hydrogens is 440 g/mol. The van der Waals surface area contributed by atoms with Crippen LogP contribution in [0.1, 0.15) is 76.2 Å². The smallest absolute Gasteiger partial charge is 0.336 e. The second-order valence-corrected chi connectivity index (χ2v) is 9.24. The number of benzene rings is 1. The van der Waals surface area contributed by atoms with Gasteiger partial charge in [-0.25, -0.2) is 4.79 Å². The largest absolute Gasteiger partial charge is 0.500 e. The third kappa shape index (κ3) is 4.56. The van der Waals surface area contributed by atoms with Crippen LogP contribution in [-0.4, -0.2) is 40.7 Å². The van der Waals surface area contributed by atoms with Gasteiger partial charge >= 0.3 is 11.7 Å². The summed E-state index contributed by atoms with van der Waals surface area (Å²) in [5.74, 6) is -2.79. The fraction of sp³-hybridized carbons (Fsp3) is 0.560. The minimum Gasteiger partial charge on any atom is -0.500 e. The molecule has 1 heterocycles. The van der Waals surface area contributed by atoms with Crippen LogP contribution < -0.4 is 4.74 Å². The van der Waals surface area contributed by atoms with E-state index in [2.05, 4.69) is 4.99 Å². The normalized spacial score (nSPS) is 23.6. The minimum absolute atomic E-state index is 0.0584. The first-order valence-electron chi connectivity index (χ1n) is 11.9. The lowest BCUT2D eigenvalue weighted by Crippen LogP contribution is -2.39. The molecule has 0 radical (unpaired) electrons. The number of aromatic hydroxyl groups is 1. The zero-order valence-corrected chi connectivity index (χ0v) is 19.5. The van der Waals surface area contributed by atoms with E-state index in [9.17, 15) is 24.8 Å². The Balaban J connectivity index is 1.82. The van der Waals surface area contributed by atoms with Crippen LogP contribution in [0.4, 0.5) is 5.69 Å². The lowest BCUT2D eigenvalue weighted by molar-refractivity contribution is -0.386. The Labute approximate surface area is 198 Å². The maximum absolute atomic E-state index is 13.5. The standard InChI is InChI=1S/C25H30N2O7/c1-14-21(25(30)34-16-8-5-3-4-6-9-16)22(23-17(26-14)10-7-11-19(23)28)15-12-18(27(31)32)24(29)20(13-15)33-2/h12-13,16,22-23,29H,3-11H2,1-2H3/t22-,23+/m0/s1. The number of rotatable bonds is 5. The lowest BCUT2D eigenvalue weighted by atomic mass is 9.69. The van der Waals surface area contributed by atoms with E-state index in [1.165, 1.54) is 19.2 Å². The maximum Gasteiger partial charge on any atom is 0.336 e. The molecule has 0 unspecified atom stereocenters. The van der Waals surface area contributed by atoms with Crippen LogP contribution >= 0.6 is 0 Å². The maximum atomic E-state index is 13.5. The molecule has 2 saturated carbocycles. The van der Waals surface area contributed by atoms with Crippen molar-refractivity contribution < 1.29 is 29.1 Å². The van der Waals surface area contributed by atoms with Crippen LogP contribution in [-0.2, 0) is 14.3 Å². The SMILES string of the molecule is COc1cc([C@H]2C(C(=O)OC3CCCCCC3)=C(C)N=C3CCCC(=O)[C@@H]32)cc([N+](=O)[O-])c1O. The van der Waals surface area contributed by atoms with Gasteiger partial charge in [0.25, 0.3) is 0 Å². The van der Waals surface area contributed by atoms with Crippen LogP contribution in [0.3, 0.4) is 0 Å². The number of nitro groups is 1. The highest BCUT2D eigenvalue weighted by Crippen LogP contribution is 2.47. The average Bonchev–Trinajstić information content (AvgIpc) is 3.07. The van der Waals surface area contributed by atoms with E-state index in [0.29, 0.717) is 36.2 Å². The summed E-state index contributed by atoms with van der Waals surface area (Å²) in [6.07, 6.45) is 7.22. The van der Waals surface area contributed by atoms with Gasteiger partial charge in [0.05, 0.1) is 23.5 Å². The minimum atomic E-state index is -0.799. The van der Waals surface area contributed by atoms with Crippen LogP contribution in [0, 0.1) is 16.0 Å². The Morgan fingerprint density at radius 3 is 2.47 bits per heavy atom. The monoisotopic (exact) mass is 470 g/mol. The number of carbonyl (C=O) groups excluding carboxylic acids is 2. The molecule has 9 heteroatoms. The molecule has 0 spiro atoms. The Hall–Kier alpha value is -3.23. The number of hydrogen-bond donors (Lipinski definition) is 1. The number of carbonyl (C=O) groups is 2. The van der Waals surface area contributed by atoms with Crippen LogP contribution in [0.5, 0.6) is 11.5 Å². The lowest BCUT2D eigenvalue weighted by Gasteiger charge is -2.36. The molecule has 1 aromatic carbocycles. The Morgan fingerprint density at radius 1 is 1.12 bits per heavy atom. The number of phenolic OH excluding ortho intramolecular Hbond substituents is 1. The van der Waals surface area contributed by atoms with Crippen molar-refractivity contribution in [3.8, 4) is 11.5 Å². The molecule has 2 aliphatic carbocycles. The van der Waals surface area contributed by atoms with E-state index >= 15 is 0 Å². The van der Waals surface area contributed by atoms with Crippen molar-refractivity contribution >= 4 is 23.2 Å². The number of nitrogens with zero attached hydrogens (tertiary/aromatic N) is 2. The molecule has 4 rings (SSSR count). The number of ketones is 1. The molecular formula is C25H30N2O7. The first kappa shape index (κ1) is 23.9. The van der Waals surface area contributed by atoms with Crippen molar-refractivity contribution in [3.63, 3.8) is 0 Å². The predicted molar refractivity (Wildman–Crippen MR) is 124 cm³/mol. The summed E-state index contributed by atoms with van der Waals surface area (Å²) in [6, 6.07) is 2.68. The van der Waals surface area contributed by atoms with Gasteiger partial charge in [-0.05, 0) is 57.1 Å². The third-order valence-corrected chi connectivity index (χ3v) is 7.06. The van der Waals surface area contributed by atoms with Gasteiger partial charge < -0.3 is 14.6 Å². The van der Waals surface area contributed by atoms with Gasteiger partial charge in [0.1, 0.15) is 11.9 Å². The van der Waals surface area contributed by atoms with Crippen molar-refractivity contribution in [1.29, 1.82) is 0 Å². The van der Waals surface area contributed by atoms with E-state index in [4.69, 9.17) is 9.47 Å². The molecule has 1 aromatic rings. The van der Waals surface area contributed by atoms with E-state index in [1.807, 2.05) is 0 Å². The molecule has 2 fully saturated rings. The number of phenols is 1. The summed E-state index contributed by atoms with van der Waals surface area (Å²) in [5, 5.41) is 21.9. The molecule has 0 aromatic heterocycles. The summed E-state index contributed by atoms with van der Waals surface area (Å²) in [6.45, 7) is 1.71. The topological polar surface area (TPSA) is 128 Å². The highest BCUT2D eigenvalue weighted by Gasteiger charge is 2.45. The van der Waals surface area contributed by atoms with E-state index in [1.54, 1.807) is 6.92 Å². The van der Waals surface area contributed by atoms with E-state index in [0.717, 1.165) is 38.5 Å². The summed E-state index contributed by atoms with van der Waals surface area (Å²) < 4.78 is 11.1. The molecule has 182 valence electrons. The molecule has 0 saturated heterocycles. The van der Waals surface area contributed by atoms with Crippen molar-refractivity contribution in [2.24, 2.45) is 10.9 Å². The van der Waals surface area contributed by atoms with Crippen molar-refractivity contribution in [2.45, 2.75) is 76.7 Å². The zero-order chi connectivity index (χ0) is 24.4. The van der Waals surface area contributed by atoms with Crippen molar-refractivity contribution in [2.75, 3.05) is 7.11 Å². The van der Waals surface area contributed by atoms with Gasteiger partial charge in [-0.1, -0.05) is 12.8 Å². The highest BCUT2D eigenvalue weighted by molar-refractivity contribution is 6.11. The first-order chi connectivity index (χ1) is 16.3. The highest BCUT2D eigenvalue weighted by atomic mass is 16.6. The molecule has 0 amide bonds. The summed E-state index contributed by atoms with van der Waals surface area (Å²) in [7, 11) is 1.30. The number of esters is 1. The molecule has 1 N–H and O–H groups in total. The van der Waals surface area contributed by atoms with Crippen LogP contribution in [0.2, 0.25) is 0 Å². The molecule has 3 aliphatic rings. The summed E-state index contributed by atoms with van der Waals surface area (Å²) in [5.41, 5.74) is 1.19. The summed E-state index contributed by atoms with van der Waals surface area (Å²) in [4.78, 5) is 42.2. The van der Waals surface area contributed by atoms with Crippen LogP contribution in [0.25, 0.3) is 0 Å². The number of fused-ring (bicyclic) bond motifs is 1. The van der Waals surface area contributed by atoms with Crippen molar-refractivity contribution in [1.82, 2.24) is 0 Å². The Bertz CT molecular complexity index is 1070. The van der Waals surface area contributed by atoms with Crippen LogP contribution in [0.15, 0.2) is 28.4 Å². The van der Waals surface area contributed by atoms with Gasteiger partial charge in [-0.2, -0.15) is 0 Å². The van der Waals surface area contributed by atoms with E-state index in [-0.39, 0.29) is 23.2 Å². The number of hydrogen-bond acceptors (Lipinski definition) is 8. The third-order valence-electron chi connectivity index (χ3n) is 7.06. The predicted octanol–water partition coefficient (Wildman–Crippen LogP) is 4.76. The number of allylic oxidation sites excluding steroid dienone is 1. The van der Waals surface area contributed by atoms with Gasteiger partial charge in [-0.3, -0.25) is 19.9 Å². The number of nitro benzene ring substituents is 1. The van der Waals surface area contributed by atoms with E-state index < -0.39 is 34.2 Å².